The van der Waals surface area contributed by atoms with Crippen LogP contribution in [0.1, 0.15) is 64.0 Å². The van der Waals surface area contributed by atoms with Crippen LogP contribution in [-0.2, 0) is 41.7 Å². The average Bonchev–Trinajstić information content (AvgIpc) is 3.30. The lowest BCUT2D eigenvalue weighted by Gasteiger charge is -2.22. The summed E-state index contributed by atoms with van der Waals surface area (Å²) in [6.45, 7) is 12.4. The number of carboxylic acid groups (broad SMARTS) is 1. The molecule has 0 aromatic heterocycles. The highest BCUT2D eigenvalue weighted by atomic mass is 16.7. The smallest absolute Gasteiger partial charge is 0.451 e. The fraction of sp³-hybridized carbons (Fsp3) is 0.400. The van der Waals surface area contributed by atoms with Gasteiger partial charge < -0.3 is 19.9 Å². The standard InChI is InChI=1S/C35H39N3O9/c1-22(2)29(33(42)37-23(3)30(40)18-24-9-11-25(12-10-24)21-46-35(44)45)19-27(39)8-6-5-7-17-38-32(41)20-31(34(38)43)47-28-15-13-26(36-4)14-16-28/h9-16,20,22-23,29H,5-8,17-19,21H2,1-3H3,(H,37,42)(H,44,45)/t23-,29-/m0/s1. The Hall–Kier alpha value is -5.31. The normalized spacial score (nSPS) is 13.9. The van der Waals surface area contributed by atoms with Crippen molar-refractivity contribution in [1.29, 1.82) is 0 Å². The van der Waals surface area contributed by atoms with Crippen molar-refractivity contribution in [2.24, 2.45) is 11.8 Å². The van der Waals surface area contributed by atoms with Gasteiger partial charge in [0.1, 0.15) is 18.1 Å². The van der Waals surface area contributed by atoms with E-state index in [1.807, 2.05) is 13.8 Å². The van der Waals surface area contributed by atoms with Gasteiger partial charge >= 0.3 is 6.16 Å². The van der Waals surface area contributed by atoms with E-state index in [9.17, 15) is 28.8 Å². The molecule has 47 heavy (non-hydrogen) atoms. The molecule has 0 unspecified atom stereocenters. The van der Waals surface area contributed by atoms with Crippen LogP contribution in [0.25, 0.3) is 4.85 Å². The van der Waals surface area contributed by atoms with E-state index in [0.29, 0.717) is 41.8 Å². The van der Waals surface area contributed by atoms with Crippen molar-refractivity contribution >= 4 is 41.1 Å². The van der Waals surface area contributed by atoms with Crippen molar-refractivity contribution in [2.75, 3.05) is 6.54 Å². The number of imide groups is 1. The minimum atomic E-state index is -1.37. The summed E-state index contributed by atoms with van der Waals surface area (Å²) in [5, 5.41) is 11.4. The van der Waals surface area contributed by atoms with Gasteiger partial charge in [-0.3, -0.25) is 28.9 Å². The van der Waals surface area contributed by atoms with Gasteiger partial charge in [0.05, 0.1) is 18.7 Å². The highest BCUT2D eigenvalue weighted by Gasteiger charge is 2.32. The summed E-state index contributed by atoms with van der Waals surface area (Å²) in [5.74, 6) is -2.16. The van der Waals surface area contributed by atoms with E-state index in [1.54, 1.807) is 55.5 Å². The molecule has 1 heterocycles. The lowest BCUT2D eigenvalue weighted by Crippen LogP contribution is -2.44. The predicted molar refractivity (Wildman–Crippen MR) is 170 cm³/mol. The van der Waals surface area contributed by atoms with E-state index in [1.165, 1.54) is 0 Å². The Morgan fingerprint density at radius 2 is 1.60 bits per heavy atom. The van der Waals surface area contributed by atoms with Gasteiger partial charge in [-0.05, 0) is 48.9 Å². The van der Waals surface area contributed by atoms with Crippen LogP contribution in [0.2, 0.25) is 0 Å². The van der Waals surface area contributed by atoms with Crippen LogP contribution in [-0.4, -0.2) is 58.0 Å². The molecule has 3 amide bonds. The van der Waals surface area contributed by atoms with Gasteiger partial charge in [-0.15, -0.1) is 0 Å². The van der Waals surface area contributed by atoms with Crippen molar-refractivity contribution in [3.05, 3.63) is 82.9 Å². The van der Waals surface area contributed by atoms with Crippen LogP contribution in [0.15, 0.2) is 60.4 Å². The van der Waals surface area contributed by atoms with E-state index in [0.717, 1.165) is 11.0 Å². The number of hydrogen-bond donors (Lipinski definition) is 2. The first-order chi connectivity index (χ1) is 22.4. The van der Waals surface area contributed by atoms with Crippen LogP contribution < -0.4 is 10.1 Å². The predicted octanol–water partition coefficient (Wildman–Crippen LogP) is 5.17. The summed E-state index contributed by atoms with van der Waals surface area (Å²) >= 11 is 0. The van der Waals surface area contributed by atoms with E-state index in [4.69, 9.17) is 16.4 Å². The van der Waals surface area contributed by atoms with Gasteiger partial charge in [-0.1, -0.05) is 56.7 Å². The van der Waals surface area contributed by atoms with E-state index < -0.39 is 29.9 Å². The second kappa shape index (κ2) is 17.4. The molecule has 2 aromatic rings. The number of Topliss-reactive ketones (excluding diaryl/α,β-unsaturated/α-hetero) is 2. The number of carbonyl (C=O) groups is 6. The topological polar surface area (TPSA) is 161 Å². The number of amides is 3. The molecule has 12 nitrogen and oxygen atoms in total. The number of nitrogens with one attached hydrogen (secondary N) is 1. The van der Waals surface area contributed by atoms with E-state index in [-0.39, 0.29) is 61.6 Å². The fourth-order valence-electron chi connectivity index (χ4n) is 4.89. The lowest BCUT2D eigenvalue weighted by atomic mass is 9.88. The second-order valence-corrected chi connectivity index (χ2v) is 11.7. The zero-order valence-electron chi connectivity index (χ0n) is 26.7. The van der Waals surface area contributed by atoms with Crippen LogP contribution in [0.4, 0.5) is 10.5 Å². The summed E-state index contributed by atoms with van der Waals surface area (Å²) < 4.78 is 10.1. The van der Waals surface area contributed by atoms with Crippen molar-refractivity contribution in [2.45, 2.75) is 71.9 Å². The second-order valence-electron chi connectivity index (χ2n) is 11.7. The van der Waals surface area contributed by atoms with Crippen molar-refractivity contribution in [3.8, 4) is 5.75 Å². The lowest BCUT2D eigenvalue weighted by molar-refractivity contribution is -0.138. The number of unbranched alkanes of at least 4 members (excludes halogenated alkanes) is 2. The molecular formula is C35H39N3O9. The van der Waals surface area contributed by atoms with Gasteiger partial charge in [0.15, 0.2) is 17.2 Å². The summed E-state index contributed by atoms with van der Waals surface area (Å²) in [4.78, 5) is 78.5. The summed E-state index contributed by atoms with van der Waals surface area (Å²) in [6.07, 6.45) is 1.74. The van der Waals surface area contributed by atoms with Crippen LogP contribution in [0.5, 0.6) is 5.75 Å². The third kappa shape index (κ3) is 11.2. The Bertz CT molecular complexity index is 1540. The third-order valence-electron chi connectivity index (χ3n) is 7.70. The van der Waals surface area contributed by atoms with Crippen LogP contribution >= 0.6 is 0 Å². The molecule has 1 aliphatic heterocycles. The molecule has 0 fully saturated rings. The highest BCUT2D eigenvalue weighted by Crippen LogP contribution is 2.23. The summed E-state index contributed by atoms with van der Waals surface area (Å²) in [7, 11) is 0. The van der Waals surface area contributed by atoms with Crippen molar-refractivity contribution < 1.29 is 43.3 Å². The summed E-state index contributed by atoms with van der Waals surface area (Å²) in [6, 6.07) is 12.2. The molecule has 2 atom stereocenters. The van der Waals surface area contributed by atoms with Crippen LogP contribution in [0.3, 0.4) is 0 Å². The molecule has 2 aromatic carbocycles. The molecule has 0 bridgehead atoms. The van der Waals surface area contributed by atoms with E-state index in [2.05, 4.69) is 14.9 Å². The zero-order valence-corrected chi connectivity index (χ0v) is 26.7. The van der Waals surface area contributed by atoms with Gasteiger partial charge in [-0.2, -0.15) is 0 Å². The minimum Gasteiger partial charge on any atom is -0.451 e. The van der Waals surface area contributed by atoms with Gasteiger partial charge in [0.25, 0.3) is 11.8 Å². The number of ether oxygens (including phenoxy) is 2. The molecule has 0 aliphatic carbocycles. The number of ketones is 2. The first-order valence-corrected chi connectivity index (χ1v) is 15.4. The Kier molecular flexibility index (Phi) is 13.4. The maximum Gasteiger partial charge on any atom is 0.506 e. The van der Waals surface area contributed by atoms with Crippen LogP contribution in [0, 0.1) is 18.4 Å². The first-order valence-electron chi connectivity index (χ1n) is 15.4. The Morgan fingerprint density at radius 1 is 0.936 bits per heavy atom. The number of rotatable bonds is 18. The maximum absolute atomic E-state index is 13.0. The molecule has 12 heteroatoms. The fourth-order valence-corrected chi connectivity index (χ4v) is 4.89. The Morgan fingerprint density at radius 3 is 2.21 bits per heavy atom. The molecule has 0 saturated heterocycles. The maximum atomic E-state index is 13.0. The molecular weight excluding hydrogens is 606 g/mol. The average molecular weight is 646 g/mol. The van der Waals surface area contributed by atoms with Gasteiger partial charge in [0.2, 0.25) is 5.91 Å². The molecule has 1 aliphatic rings. The largest absolute Gasteiger partial charge is 0.506 e. The Balaban J connectivity index is 1.38. The molecule has 0 radical (unpaired) electrons. The monoisotopic (exact) mass is 645 g/mol. The first kappa shape index (κ1) is 36.2. The molecule has 0 saturated carbocycles. The highest BCUT2D eigenvalue weighted by molar-refractivity contribution is 6.15. The molecule has 2 N–H and O–H groups in total. The minimum absolute atomic E-state index is 0.0366. The number of carbonyl (C=O) groups excluding carboxylic acids is 5. The number of hydrogen-bond acceptors (Lipinski definition) is 8. The van der Waals surface area contributed by atoms with Gasteiger partial charge in [0, 0.05) is 31.7 Å². The van der Waals surface area contributed by atoms with Crippen molar-refractivity contribution in [1.82, 2.24) is 10.2 Å². The molecule has 248 valence electrons. The number of benzene rings is 2. The molecule has 3 rings (SSSR count). The van der Waals surface area contributed by atoms with E-state index >= 15 is 0 Å². The Labute approximate surface area is 273 Å². The van der Waals surface area contributed by atoms with Crippen molar-refractivity contribution in [3.63, 3.8) is 0 Å². The molecule has 0 spiro atoms. The third-order valence-corrected chi connectivity index (χ3v) is 7.70. The SMILES string of the molecule is [C-]#[N+]c1ccc(OC2=CC(=O)N(CCCCCC(=O)C[C@H](C(=O)N[C@@H](C)C(=O)Cc3ccc(COC(=O)O)cc3)C(C)C)C2=O)cc1. The quantitative estimate of drug-likeness (QED) is 0.0964. The van der Waals surface area contributed by atoms with Gasteiger partial charge in [-0.25, -0.2) is 9.64 Å². The zero-order chi connectivity index (χ0) is 34.5. The summed E-state index contributed by atoms with van der Waals surface area (Å²) in [5.41, 5.74) is 1.78. The number of nitrogens with zero attached hydrogens (tertiary/aromatic N) is 2.